The number of aliphatic hydroxyl groups is 1. The normalized spacial score (nSPS) is 22.5. The highest BCUT2D eigenvalue weighted by Crippen LogP contribution is 2.47. The van der Waals surface area contributed by atoms with E-state index in [1.54, 1.807) is 16.5 Å². The van der Waals surface area contributed by atoms with Crippen LogP contribution in [0, 0.1) is 5.82 Å². The number of benzene rings is 1. The Labute approximate surface area is 200 Å². The van der Waals surface area contributed by atoms with Crippen molar-refractivity contribution in [1.29, 1.82) is 0 Å². The highest BCUT2D eigenvalue weighted by atomic mass is 35.5. The molecule has 0 unspecified atom stereocenters. The molecule has 3 aromatic rings. The first kappa shape index (κ1) is 23.0. The van der Waals surface area contributed by atoms with Crippen LogP contribution in [0.25, 0.3) is 5.57 Å². The van der Waals surface area contributed by atoms with Crippen LogP contribution in [0.4, 0.5) is 13.2 Å². The van der Waals surface area contributed by atoms with E-state index in [0.29, 0.717) is 32.4 Å². The van der Waals surface area contributed by atoms with Crippen molar-refractivity contribution in [2.45, 2.75) is 24.6 Å². The van der Waals surface area contributed by atoms with Gasteiger partial charge < -0.3 is 15.2 Å². The zero-order chi connectivity index (χ0) is 24.0. The first-order chi connectivity index (χ1) is 16.3. The van der Waals surface area contributed by atoms with Crippen molar-refractivity contribution in [3.63, 3.8) is 0 Å². The number of nitrogens with zero attached hydrogens (tertiary/aromatic N) is 5. The van der Waals surface area contributed by atoms with Crippen LogP contribution in [0.5, 0.6) is 0 Å². The number of fused-ring (bicyclic) bond motifs is 1. The van der Waals surface area contributed by atoms with E-state index in [1.807, 2.05) is 5.48 Å². The minimum absolute atomic E-state index is 0.0666. The van der Waals surface area contributed by atoms with E-state index in [0.717, 1.165) is 12.3 Å². The van der Waals surface area contributed by atoms with Crippen molar-refractivity contribution < 1.29 is 23.5 Å². The van der Waals surface area contributed by atoms with Gasteiger partial charge in [0.1, 0.15) is 17.5 Å². The molecule has 1 saturated heterocycles. The lowest BCUT2D eigenvalue weighted by molar-refractivity contribution is 0.0150. The van der Waals surface area contributed by atoms with Crippen molar-refractivity contribution in [2.75, 3.05) is 13.1 Å². The first-order valence-electron chi connectivity index (χ1n) is 10.2. The van der Waals surface area contributed by atoms with Gasteiger partial charge in [0.15, 0.2) is 10.8 Å². The van der Waals surface area contributed by atoms with Gasteiger partial charge in [-0.3, -0.25) is 4.99 Å². The smallest absolute Gasteiger partial charge is 0.333 e. The number of hydrogen-bond donors (Lipinski definition) is 3. The number of aliphatic imine (C=N–C) groups is 1. The fraction of sp³-hybridized carbons (Fsp3) is 0.286. The Kier molecular flexibility index (Phi) is 5.94. The Bertz CT molecular complexity index is 1280. The van der Waals surface area contributed by atoms with Gasteiger partial charge in [-0.1, -0.05) is 17.7 Å². The first-order valence-corrected chi connectivity index (χ1v) is 11.4. The Morgan fingerprint density at radius 2 is 2.15 bits per heavy atom. The van der Waals surface area contributed by atoms with Crippen molar-refractivity contribution in [1.82, 2.24) is 25.1 Å². The Balaban J connectivity index is 1.74. The zero-order valence-corrected chi connectivity index (χ0v) is 18.9. The van der Waals surface area contributed by atoms with E-state index in [-0.39, 0.29) is 30.2 Å². The molecule has 0 radical (unpaired) electrons. The summed E-state index contributed by atoms with van der Waals surface area (Å²) in [4.78, 5) is 11.0. The Morgan fingerprint density at radius 1 is 1.32 bits per heavy atom. The molecule has 2 atom stereocenters. The highest BCUT2D eigenvalue weighted by Gasteiger charge is 2.47. The molecule has 8 nitrogen and oxygen atoms in total. The number of rotatable bonds is 6. The predicted octanol–water partition coefficient (Wildman–Crippen LogP) is 3.86. The van der Waals surface area contributed by atoms with Gasteiger partial charge in [-0.25, -0.2) is 19.5 Å². The quantitative estimate of drug-likeness (QED) is 0.436. The molecular weight excluding hydrogens is 493 g/mol. The molecule has 2 aliphatic heterocycles. The molecule has 13 heteroatoms. The monoisotopic (exact) mass is 510 g/mol. The van der Waals surface area contributed by atoms with Gasteiger partial charge in [0.25, 0.3) is 0 Å². The van der Waals surface area contributed by atoms with Crippen LogP contribution in [0.1, 0.15) is 35.3 Å². The summed E-state index contributed by atoms with van der Waals surface area (Å²) in [6.07, 6.45) is 2.83. The summed E-state index contributed by atoms with van der Waals surface area (Å²) in [6.45, 7) is -2.92. The third-order valence-electron chi connectivity index (χ3n) is 5.74. The van der Waals surface area contributed by atoms with Crippen molar-refractivity contribution in [3.8, 4) is 0 Å². The largest absolute Gasteiger partial charge is 0.386 e. The Hall–Kier alpha value is -2.77. The van der Waals surface area contributed by atoms with E-state index in [9.17, 15) is 23.5 Å². The number of hydroxylamine groups is 1. The van der Waals surface area contributed by atoms with Crippen LogP contribution < -0.4 is 5.48 Å². The van der Waals surface area contributed by atoms with Crippen LogP contribution in [0.15, 0.2) is 52.7 Å². The standard InChI is InChI=1S/C21H18ClF3N6O2S/c22-13-7-11(23)1-2-12(13)17-16(14-3-5-31(29-14)20(24)25)15-8-21(32,9-27-33)10-30(15)18(28-17)19-26-4-6-34-19/h1-7,17,20,27,32-33H,8-10H2/t17-,21-/m0/s1. The summed E-state index contributed by atoms with van der Waals surface area (Å²) in [5.41, 5.74) is 2.30. The number of aromatic nitrogens is 3. The molecule has 0 aliphatic carbocycles. The maximum absolute atomic E-state index is 13.8. The second-order valence-electron chi connectivity index (χ2n) is 8.00. The molecule has 1 aromatic carbocycles. The van der Waals surface area contributed by atoms with Gasteiger partial charge in [-0.2, -0.15) is 13.9 Å². The summed E-state index contributed by atoms with van der Waals surface area (Å²) in [6, 6.07) is 4.49. The Morgan fingerprint density at radius 3 is 2.79 bits per heavy atom. The number of halogens is 4. The van der Waals surface area contributed by atoms with Crippen LogP contribution in [0.2, 0.25) is 5.02 Å². The molecule has 178 valence electrons. The molecule has 0 spiro atoms. The maximum atomic E-state index is 13.8. The SMILES string of the molecule is ONC[C@@]1(O)CC2=C(c3ccn(C(F)F)n3)[C@H](c3ccc(F)cc3Cl)N=C(c3nccs3)N2C1. The van der Waals surface area contributed by atoms with Gasteiger partial charge in [0.05, 0.1) is 18.8 Å². The maximum Gasteiger partial charge on any atom is 0.333 e. The third kappa shape index (κ3) is 4.01. The van der Waals surface area contributed by atoms with Crippen LogP contribution in [-0.2, 0) is 0 Å². The fourth-order valence-corrected chi connectivity index (χ4v) is 5.22. The van der Waals surface area contributed by atoms with Crippen LogP contribution in [-0.4, -0.2) is 54.5 Å². The molecule has 3 N–H and O–H groups in total. The molecule has 2 aromatic heterocycles. The minimum atomic E-state index is -2.85. The van der Waals surface area contributed by atoms with E-state index in [2.05, 4.69) is 10.1 Å². The molecule has 0 saturated carbocycles. The molecule has 1 fully saturated rings. The molecule has 0 amide bonds. The fourth-order valence-electron chi connectivity index (χ4n) is 4.31. The predicted molar refractivity (Wildman–Crippen MR) is 119 cm³/mol. The molecule has 2 aliphatic rings. The summed E-state index contributed by atoms with van der Waals surface area (Å²) in [5, 5.41) is 26.9. The molecule has 34 heavy (non-hydrogen) atoms. The van der Waals surface area contributed by atoms with E-state index >= 15 is 0 Å². The molecule has 4 heterocycles. The number of hydrogen-bond acceptors (Lipinski definition) is 8. The van der Waals surface area contributed by atoms with Gasteiger partial charge in [-0.15, -0.1) is 11.3 Å². The zero-order valence-electron chi connectivity index (χ0n) is 17.4. The molecule has 0 bridgehead atoms. The average molecular weight is 511 g/mol. The highest BCUT2D eigenvalue weighted by molar-refractivity contribution is 7.11. The van der Waals surface area contributed by atoms with Gasteiger partial charge in [0, 0.05) is 46.1 Å². The van der Waals surface area contributed by atoms with Gasteiger partial charge in [-0.05, 0) is 18.2 Å². The van der Waals surface area contributed by atoms with Crippen LogP contribution in [0.3, 0.4) is 0 Å². The number of thiazole rings is 1. The van der Waals surface area contributed by atoms with E-state index in [4.69, 9.17) is 16.6 Å². The molecule has 5 rings (SSSR count). The van der Waals surface area contributed by atoms with Gasteiger partial charge >= 0.3 is 6.55 Å². The molecular formula is C21H18ClF3N6O2S. The van der Waals surface area contributed by atoms with Crippen molar-refractivity contribution in [3.05, 3.63) is 74.8 Å². The van der Waals surface area contributed by atoms with Crippen molar-refractivity contribution >= 4 is 34.3 Å². The van der Waals surface area contributed by atoms with Crippen LogP contribution >= 0.6 is 22.9 Å². The summed E-state index contributed by atoms with van der Waals surface area (Å²) in [5.74, 6) is -0.0861. The number of alkyl halides is 2. The minimum Gasteiger partial charge on any atom is -0.386 e. The summed E-state index contributed by atoms with van der Waals surface area (Å²) < 4.78 is 41.0. The van der Waals surface area contributed by atoms with Crippen molar-refractivity contribution in [2.24, 2.45) is 4.99 Å². The third-order valence-corrected chi connectivity index (χ3v) is 6.84. The van der Waals surface area contributed by atoms with E-state index < -0.39 is 24.0 Å². The summed E-state index contributed by atoms with van der Waals surface area (Å²) in [7, 11) is 0. The van der Waals surface area contributed by atoms with Gasteiger partial charge in [0.2, 0.25) is 0 Å². The summed E-state index contributed by atoms with van der Waals surface area (Å²) >= 11 is 7.73. The van der Waals surface area contributed by atoms with E-state index in [1.165, 1.54) is 29.5 Å². The topological polar surface area (TPSA) is 98.8 Å². The number of nitrogens with one attached hydrogen (secondary N) is 1. The average Bonchev–Trinajstić information content (AvgIpc) is 3.53. The lowest BCUT2D eigenvalue weighted by Crippen LogP contribution is -2.43. The lowest BCUT2D eigenvalue weighted by atomic mass is 9.91. The lowest BCUT2D eigenvalue weighted by Gasteiger charge is -2.32. The second kappa shape index (κ2) is 8.78. The second-order valence-corrected chi connectivity index (χ2v) is 9.30. The number of amidine groups is 1.